The number of rotatable bonds is 4. The van der Waals surface area contributed by atoms with E-state index in [1.807, 2.05) is 0 Å². The molecule has 100 valence electrons. The van der Waals surface area contributed by atoms with E-state index in [0.29, 0.717) is 11.0 Å². The van der Waals surface area contributed by atoms with Gasteiger partial charge >= 0.3 is 0 Å². The van der Waals surface area contributed by atoms with Crippen molar-refractivity contribution >= 4 is 23.6 Å². The standard InChI is InChI=1S/C13H16ClN5/c1-4-10-8(2)11(17-9(10)3)5-16-19-13-7-15-6-12(14)18-13/h5-7,17H,4H2,1-3H3,(H,18,19). The molecule has 2 heterocycles. The maximum atomic E-state index is 5.74. The van der Waals surface area contributed by atoms with Crippen LogP contribution >= 0.6 is 11.6 Å². The molecule has 6 heteroatoms. The highest BCUT2D eigenvalue weighted by molar-refractivity contribution is 6.29. The largest absolute Gasteiger partial charge is 0.357 e. The van der Waals surface area contributed by atoms with Crippen molar-refractivity contribution < 1.29 is 0 Å². The first-order valence-electron chi connectivity index (χ1n) is 6.06. The van der Waals surface area contributed by atoms with Gasteiger partial charge in [-0.15, -0.1) is 0 Å². The number of aromatic nitrogens is 3. The van der Waals surface area contributed by atoms with E-state index in [-0.39, 0.29) is 0 Å². The third kappa shape index (κ3) is 3.12. The second kappa shape index (κ2) is 5.84. The summed E-state index contributed by atoms with van der Waals surface area (Å²) in [4.78, 5) is 11.3. The van der Waals surface area contributed by atoms with Crippen molar-refractivity contribution in [3.05, 3.63) is 40.1 Å². The zero-order chi connectivity index (χ0) is 13.8. The number of aromatic amines is 1. The molecule has 2 N–H and O–H groups in total. The third-order valence-electron chi connectivity index (χ3n) is 2.96. The Kier molecular flexibility index (Phi) is 4.16. The molecular weight excluding hydrogens is 262 g/mol. The van der Waals surface area contributed by atoms with Gasteiger partial charge in [0.25, 0.3) is 0 Å². The molecule has 0 unspecified atom stereocenters. The number of hydrazone groups is 1. The Labute approximate surface area is 117 Å². The number of nitrogens with one attached hydrogen (secondary N) is 2. The van der Waals surface area contributed by atoms with E-state index < -0.39 is 0 Å². The average molecular weight is 278 g/mol. The van der Waals surface area contributed by atoms with Gasteiger partial charge in [0.15, 0.2) is 5.82 Å². The van der Waals surface area contributed by atoms with Crippen molar-refractivity contribution in [2.75, 3.05) is 5.43 Å². The van der Waals surface area contributed by atoms with E-state index in [0.717, 1.165) is 12.1 Å². The first-order chi connectivity index (χ1) is 9.11. The molecule has 2 rings (SSSR count). The predicted molar refractivity (Wildman–Crippen MR) is 77.9 cm³/mol. The molecule has 0 atom stereocenters. The van der Waals surface area contributed by atoms with Crippen LogP contribution in [0.15, 0.2) is 17.5 Å². The Bertz CT molecular complexity index is 603. The Balaban J connectivity index is 2.11. The van der Waals surface area contributed by atoms with Crippen LogP contribution < -0.4 is 5.43 Å². The van der Waals surface area contributed by atoms with E-state index in [2.05, 4.69) is 46.3 Å². The van der Waals surface area contributed by atoms with Gasteiger partial charge in [0.05, 0.1) is 24.3 Å². The highest BCUT2D eigenvalue weighted by Crippen LogP contribution is 2.16. The first-order valence-corrected chi connectivity index (χ1v) is 6.44. The molecule has 5 nitrogen and oxygen atoms in total. The van der Waals surface area contributed by atoms with Crippen LogP contribution in [0.4, 0.5) is 5.82 Å². The van der Waals surface area contributed by atoms with Crippen LogP contribution in [0.25, 0.3) is 0 Å². The van der Waals surface area contributed by atoms with E-state index in [1.165, 1.54) is 23.0 Å². The van der Waals surface area contributed by atoms with Gasteiger partial charge in [0, 0.05) is 5.69 Å². The molecule has 0 radical (unpaired) electrons. The summed E-state index contributed by atoms with van der Waals surface area (Å²) in [6, 6.07) is 0. The van der Waals surface area contributed by atoms with Gasteiger partial charge in [-0.05, 0) is 31.4 Å². The minimum absolute atomic E-state index is 0.334. The SMILES string of the molecule is CCc1c(C)[nH]c(C=NNc2cncc(Cl)n2)c1C. The topological polar surface area (TPSA) is 66.0 Å². The van der Waals surface area contributed by atoms with E-state index in [1.54, 1.807) is 12.4 Å². The molecule has 0 bridgehead atoms. The van der Waals surface area contributed by atoms with Crippen LogP contribution in [-0.4, -0.2) is 21.2 Å². The first kappa shape index (κ1) is 13.5. The van der Waals surface area contributed by atoms with Gasteiger partial charge in [0.1, 0.15) is 5.15 Å². The van der Waals surface area contributed by atoms with Gasteiger partial charge in [0.2, 0.25) is 0 Å². The maximum Gasteiger partial charge on any atom is 0.166 e. The van der Waals surface area contributed by atoms with Crippen LogP contribution in [0.5, 0.6) is 0 Å². The van der Waals surface area contributed by atoms with Crippen molar-refractivity contribution in [2.24, 2.45) is 5.10 Å². The summed E-state index contributed by atoms with van der Waals surface area (Å²) in [6.07, 6.45) is 5.79. The number of H-pyrrole nitrogens is 1. The zero-order valence-corrected chi connectivity index (χ0v) is 11.9. The molecular formula is C13H16ClN5. The lowest BCUT2D eigenvalue weighted by Gasteiger charge is -1.98. The van der Waals surface area contributed by atoms with Crippen molar-refractivity contribution in [3.63, 3.8) is 0 Å². The van der Waals surface area contributed by atoms with Gasteiger partial charge in [-0.2, -0.15) is 5.10 Å². The molecule has 2 aromatic heterocycles. The minimum Gasteiger partial charge on any atom is -0.357 e. The highest BCUT2D eigenvalue weighted by Gasteiger charge is 2.07. The molecule has 0 amide bonds. The summed E-state index contributed by atoms with van der Waals surface area (Å²) in [5, 5.41) is 4.47. The summed E-state index contributed by atoms with van der Waals surface area (Å²) in [5.74, 6) is 0.514. The van der Waals surface area contributed by atoms with Gasteiger partial charge < -0.3 is 4.98 Å². The van der Waals surface area contributed by atoms with E-state index in [4.69, 9.17) is 11.6 Å². The number of hydrogen-bond acceptors (Lipinski definition) is 4. The Morgan fingerprint density at radius 3 is 2.84 bits per heavy atom. The summed E-state index contributed by atoms with van der Waals surface area (Å²) in [6.45, 7) is 6.30. The monoisotopic (exact) mass is 277 g/mol. The highest BCUT2D eigenvalue weighted by atomic mass is 35.5. The molecule has 19 heavy (non-hydrogen) atoms. The lowest BCUT2D eigenvalue weighted by Crippen LogP contribution is -1.95. The van der Waals surface area contributed by atoms with Crippen LogP contribution in [0.1, 0.15) is 29.4 Å². The predicted octanol–water partition coefficient (Wildman–Crippen LogP) is 3.08. The molecule has 0 aliphatic carbocycles. The molecule has 0 saturated heterocycles. The molecule has 0 aliphatic heterocycles. The van der Waals surface area contributed by atoms with Crippen LogP contribution in [0.2, 0.25) is 5.15 Å². The number of hydrogen-bond donors (Lipinski definition) is 2. The minimum atomic E-state index is 0.334. The molecule has 0 aliphatic rings. The fraction of sp³-hybridized carbons (Fsp3) is 0.308. The van der Waals surface area contributed by atoms with E-state index in [9.17, 15) is 0 Å². The van der Waals surface area contributed by atoms with Gasteiger partial charge in [-0.3, -0.25) is 10.4 Å². The fourth-order valence-electron chi connectivity index (χ4n) is 2.03. The molecule has 2 aromatic rings. The Hall–Kier alpha value is -1.88. The summed E-state index contributed by atoms with van der Waals surface area (Å²) < 4.78 is 0. The molecule has 0 saturated carbocycles. The smallest absolute Gasteiger partial charge is 0.166 e. The van der Waals surface area contributed by atoms with Crippen LogP contribution in [0.3, 0.4) is 0 Å². The second-order valence-electron chi connectivity index (χ2n) is 4.22. The number of halogens is 1. The van der Waals surface area contributed by atoms with Crippen molar-refractivity contribution in [3.8, 4) is 0 Å². The van der Waals surface area contributed by atoms with Crippen molar-refractivity contribution in [1.82, 2.24) is 15.0 Å². The molecule has 0 fully saturated rings. The maximum absolute atomic E-state index is 5.74. The zero-order valence-electron chi connectivity index (χ0n) is 11.2. The fourth-order valence-corrected chi connectivity index (χ4v) is 2.18. The van der Waals surface area contributed by atoms with Crippen molar-refractivity contribution in [1.29, 1.82) is 0 Å². The summed E-state index contributed by atoms with van der Waals surface area (Å²) in [5.41, 5.74) is 7.54. The summed E-state index contributed by atoms with van der Waals surface area (Å²) >= 11 is 5.74. The average Bonchev–Trinajstić information content (AvgIpc) is 2.64. The van der Waals surface area contributed by atoms with E-state index >= 15 is 0 Å². The van der Waals surface area contributed by atoms with Gasteiger partial charge in [-0.1, -0.05) is 18.5 Å². The lowest BCUT2D eigenvalue weighted by atomic mass is 10.1. The third-order valence-corrected chi connectivity index (χ3v) is 3.15. The normalized spacial score (nSPS) is 11.2. The van der Waals surface area contributed by atoms with Crippen LogP contribution in [0, 0.1) is 13.8 Å². The number of nitrogens with zero attached hydrogens (tertiary/aromatic N) is 3. The Morgan fingerprint density at radius 1 is 1.42 bits per heavy atom. The Morgan fingerprint density at radius 2 is 2.21 bits per heavy atom. The molecule has 0 spiro atoms. The van der Waals surface area contributed by atoms with Crippen molar-refractivity contribution in [2.45, 2.75) is 27.2 Å². The number of anilines is 1. The molecule has 0 aromatic carbocycles. The van der Waals surface area contributed by atoms with Gasteiger partial charge in [-0.25, -0.2) is 4.98 Å². The lowest BCUT2D eigenvalue weighted by molar-refractivity contribution is 1.08. The second-order valence-corrected chi connectivity index (χ2v) is 4.61. The summed E-state index contributed by atoms with van der Waals surface area (Å²) in [7, 11) is 0. The quantitative estimate of drug-likeness (QED) is 0.667. The van der Waals surface area contributed by atoms with Crippen LogP contribution in [-0.2, 0) is 6.42 Å². The number of aryl methyl sites for hydroxylation is 1.